The van der Waals surface area contributed by atoms with Crippen molar-refractivity contribution in [1.29, 1.82) is 0 Å². The lowest BCUT2D eigenvalue weighted by atomic mass is 10.1. The summed E-state index contributed by atoms with van der Waals surface area (Å²) in [6.07, 6.45) is 2.69. The molecule has 0 nitrogen and oxygen atoms in total. The highest BCUT2D eigenvalue weighted by Crippen LogP contribution is 2.49. The van der Waals surface area contributed by atoms with Gasteiger partial charge in [0.05, 0.1) is 4.58 Å². The number of rotatable bonds is 3. The molecule has 1 heterocycles. The van der Waals surface area contributed by atoms with Gasteiger partial charge in [0.15, 0.2) is 0 Å². The van der Waals surface area contributed by atoms with E-state index in [4.69, 9.17) is 0 Å². The molecule has 0 radical (unpaired) electrons. The average molecular weight is 204 g/mol. The Bertz CT molecular complexity index is 139. The van der Waals surface area contributed by atoms with Crippen molar-refractivity contribution in [2.24, 2.45) is 5.92 Å². The second kappa shape index (κ2) is 4.28. The topological polar surface area (TPSA) is 0 Å². The third kappa shape index (κ3) is 2.59. The SMILES string of the molecule is CCC(CC)[C@H]1SCC(C)(C)S1. The van der Waals surface area contributed by atoms with Crippen molar-refractivity contribution in [2.45, 2.75) is 49.9 Å². The van der Waals surface area contributed by atoms with Crippen molar-refractivity contribution in [3.8, 4) is 0 Å². The predicted molar refractivity (Wildman–Crippen MR) is 62.0 cm³/mol. The van der Waals surface area contributed by atoms with Crippen molar-refractivity contribution in [3.05, 3.63) is 0 Å². The summed E-state index contributed by atoms with van der Waals surface area (Å²) in [6.45, 7) is 9.38. The van der Waals surface area contributed by atoms with E-state index in [1.165, 1.54) is 18.6 Å². The standard InChI is InChI=1S/C10H20S2/c1-5-8(6-2)9-11-7-10(3,4)12-9/h8-9H,5-7H2,1-4H3/t9-/m0/s1. The van der Waals surface area contributed by atoms with Crippen LogP contribution in [0, 0.1) is 5.92 Å². The Morgan fingerprint density at radius 1 is 1.33 bits per heavy atom. The lowest BCUT2D eigenvalue weighted by Gasteiger charge is -2.21. The van der Waals surface area contributed by atoms with Crippen LogP contribution >= 0.6 is 23.5 Å². The molecule has 0 N–H and O–H groups in total. The van der Waals surface area contributed by atoms with Gasteiger partial charge in [-0.3, -0.25) is 0 Å². The van der Waals surface area contributed by atoms with Crippen molar-refractivity contribution < 1.29 is 0 Å². The molecule has 0 aromatic heterocycles. The normalized spacial score (nSPS) is 28.2. The summed E-state index contributed by atoms with van der Waals surface area (Å²) in [5.41, 5.74) is 0. The molecule has 0 bridgehead atoms. The molecule has 0 aromatic rings. The Morgan fingerprint density at radius 3 is 2.25 bits per heavy atom. The van der Waals surface area contributed by atoms with E-state index >= 15 is 0 Å². The lowest BCUT2D eigenvalue weighted by Crippen LogP contribution is -2.15. The third-order valence-electron chi connectivity index (χ3n) is 2.46. The molecule has 2 heteroatoms. The number of hydrogen-bond acceptors (Lipinski definition) is 2. The van der Waals surface area contributed by atoms with Gasteiger partial charge >= 0.3 is 0 Å². The minimum Gasteiger partial charge on any atom is -0.146 e. The first-order valence-electron chi connectivity index (χ1n) is 4.88. The van der Waals surface area contributed by atoms with Gasteiger partial charge < -0.3 is 0 Å². The van der Waals surface area contributed by atoms with E-state index in [1.54, 1.807) is 0 Å². The summed E-state index contributed by atoms with van der Waals surface area (Å²) < 4.78 is 1.40. The van der Waals surface area contributed by atoms with Gasteiger partial charge in [-0.1, -0.05) is 26.7 Å². The van der Waals surface area contributed by atoms with E-state index in [9.17, 15) is 0 Å². The Balaban J connectivity index is 2.45. The van der Waals surface area contributed by atoms with Crippen molar-refractivity contribution in [3.63, 3.8) is 0 Å². The molecular formula is C10H20S2. The summed E-state index contributed by atoms with van der Waals surface area (Å²) in [6, 6.07) is 0. The quantitative estimate of drug-likeness (QED) is 0.681. The molecule has 0 spiro atoms. The Kier molecular flexibility index (Phi) is 3.84. The fraction of sp³-hybridized carbons (Fsp3) is 1.00. The van der Waals surface area contributed by atoms with Gasteiger partial charge in [-0.15, -0.1) is 23.5 Å². The van der Waals surface area contributed by atoms with E-state index in [1.807, 2.05) is 0 Å². The molecule has 12 heavy (non-hydrogen) atoms. The maximum atomic E-state index is 2.37. The second-order valence-corrected chi connectivity index (χ2v) is 7.41. The highest BCUT2D eigenvalue weighted by molar-refractivity contribution is 8.20. The molecule has 1 fully saturated rings. The molecule has 0 amide bonds. The van der Waals surface area contributed by atoms with Gasteiger partial charge in [-0.25, -0.2) is 0 Å². The molecule has 1 aliphatic rings. The maximum absolute atomic E-state index is 2.37. The van der Waals surface area contributed by atoms with Crippen LogP contribution in [-0.4, -0.2) is 15.1 Å². The first-order valence-corrected chi connectivity index (χ1v) is 6.81. The monoisotopic (exact) mass is 204 g/mol. The van der Waals surface area contributed by atoms with E-state index in [0.29, 0.717) is 4.75 Å². The van der Waals surface area contributed by atoms with E-state index in [0.717, 1.165) is 10.5 Å². The maximum Gasteiger partial charge on any atom is 0.0536 e. The van der Waals surface area contributed by atoms with Crippen LogP contribution in [0.5, 0.6) is 0 Å². The van der Waals surface area contributed by atoms with Crippen LogP contribution in [0.2, 0.25) is 0 Å². The summed E-state index contributed by atoms with van der Waals surface area (Å²) >= 11 is 4.36. The van der Waals surface area contributed by atoms with Crippen molar-refractivity contribution in [2.75, 3.05) is 5.75 Å². The molecule has 1 aliphatic heterocycles. The van der Waals surface area contributed by atoms with Gasteiger partial charge in [0.1, 0.15) is 0 Å². The summed E-state index contributed by atoms with van der Waals surface area (Å²) in [5.74, 6) is 2.26. The third-order valence-corrected chi connectivity index (χ3v) is 6.35. The van der Waals surface area contributed by atoms with Gasteiger partial charge in [0.2, 0.25) is 0 Å². The fourth-order valence-electron chi connectivity index (χ4n) is 1.57. The van der Waals surface area contributed by atoms with Crippen LogP contribution in [0.15, 0.2) is 0 Å². The molecule has 1 atom stereocenters. The van der Waals surface area contributed by atoms with Gasteiger partial charge in [-0.2, -0.15) is 0 Å². The number of thioether (sulfide) groups is 2. The van der Waals surface area contributed by atoms with Crippen LogP contribution < -0.4 is 0 Å². The minimum absolute atomic E-state index is 0.526. The molecule has 0 aliphatic carbocycles. The first-order chi connectivity index (χ1) is 5.59. The van der Waals surface area contributed by atoms with Crippen LogP contribution in [0.25, 0.3) is 0 Å². The largest absolute Gasteiger partial charge is 0.146 e. The zero-order valence-corrected chi connectivity index (χ0v) is 10.2. The fourth-order valence-corrected chi connectivity index (χ4v) is 5.73. The molecule has 0 aromatic carbocycles. The van der Waals surface area contributed by atoms with Gasteiger partial charge in [-0.05, 0) is 19.8 Å². The molecule has 1 saturated heterocycles. The van der Waals surface area contributed by atoms with E-state index < -0.39 is 0 Å². The molecule has 0 unspecified atom stereocenters. The van der Waals surface area contributed by atoms with E-state index in [-0.39, 0.29) is 0 Å². The van der Waals surface area contributed by atoms with Crippen LogP contribution in [0.4, 0.5) is 0 Å². The summed E-state index contributed by atoms with van der Waals surface area (Å²) in [5, 5.41) is 0. The number of hydrogen-bond donors (Lipinski definition) is 0. The molecule has 0 saturated carbocycles. The summed E-state index contributed by atoms with van der Waals surface area (Å²) in [4.78, 5) is 0. The first kappa shape index (κ1) is 10.8. The second-order valence-electron chi connectivity index (χ2n) is 4.13. The average Bonchev–Trinajstić information content (AvgIpc) is 2.34. The molecule has 1 rings (SSSR count). The Hall–Kier alpha value is 0.700. The van der Waals surface area contributed by atoms with Crippen LogP contribution in [-0.2, 0) is 0 Å². The zero-order chi connectivity index (χ0) is 9.19. The molecule has 72 valence electrons. The van der Waals surface area contributed by atoms with E-state index in [2.05, 4.69) is 51.2 Å². The van der Waals surface area contributed by atoms with Crippen molar-refractivity contribution >= 4 is 23.5 Å². The van der Waals surface area contributed by atoms with Gasteiger partial charge in [0, 0.05) is 10.5 Å². The van der Waals surface area contributed by atoms with Crippen LogP contribution in [0.1, 0.15) is 40.5 Å². The lowest BCUT2D eigenvalue weighted by molar-refractivity contribution is 0.536. The van der Waals surface area contributed by atoms with Crippen molar-refractivity contribution in [1.82, 2.24) is 0 Å². The van der Waals surface area contributed by atoms with Crippen LogP contribution in [0.3, 0.4) is 0 Å². The predicted octanol–water partition coefficient (Wildman–Crippen LogP) is 4.01. The summed E-state index contributed by atoms with van der Waals surface area (Å²) in [7, 11) is 0. The smallest absolute Gasteiger partial charge is 0.0536 e. The highest BCUT2D eigenvalue weighted by atomic mass is 32.2. The minimum atomic E-state index is 0.526. The zero-order valence-electron chi connectivity index (χ0n) is 8.59. The Morgan fingerprint density at radius 2 is 1.92 bits per heavy atom. The van der Waals surface area contributed by atoms with Gasteiger partial charge in [0.25, 0.3) is 0 Å². The molecular weight excluding hydrogens is 184 g/mol. The highest BCUT2D eigenvalue weighted by Gasteiger charge is 2.35. The Labute approximate surface area is 85.3 Å².